The van der Waals surface area contributed by atoms with Gasteiger partial charge in [0, 0.05) is 34.9 Å². The highest BCUT2D eigenvalue weighted by atomic mass is 32.2. The van der Waals surface area contributed by atoms with Gasteiger partial charge in [-0.05, 0) is 38.0 Å². The molecule has 3 atom stereocenters. The van der Waals surface area contributed by atoms with Crippen LogP contribution in [0.25, 0.3) is 0 Å². The van der Waals surface area contributed by atoms with Crippen LogP contribution in [0.1, 0.15) is 31.9 Å². The molecule has 0 amide bonds. The van der Waals surface area contributed by atoms with E-state index >= 15 is 0 Å². The molecule has 4 heteroatoms. The van der Waals surface area contributed by atoms with Gasteiger partial charge in [0.15, 0.2) is 0 Å². The topological polar surface area (TPSA) is 49.3 Å². The van der Waals surface area contributed by atoms with Gasteiger partial charge in [0.1, 0.15) is 5.75 Å². The molecule has 0 aliphatic carbocycles. The lowest BCUT2D eigenvalue weighted by Crippen LogP contribution is -2.30. The van der Waals surface area contributed by atoms with Gasteiger partial charge in [0.05, 0.1) is 0 Å². The van der Waals surface area contributed by atoms with Crippen LogP contribution in [0.2, 0.25) is 0 Å². The molecule has 1 aromatic carbocycles. The minimum Gasteiger partial charge on any atom is -0.508 e. The molecule has 17 heavy (non-hydrogen) atoms. The molecular weight excluding hydrogens is 234 g/mol. The second-order valence-electron chi connectivity index (χ2n) is 4.45. The first-order valence-electron chi connectivity index (χ1n) is 5.84. The van der Waals surface area contributed by atoms with Gasteiger partial charge in [-0.3, -0.25) is 4.21 Å². The second kappa shape index (κ2) is 6.77. The highest BCUT2D eigenvalue weighted by Gasteiger charge is 2.10. The van der Waals surface area contributed by atoms with E-state index in [0.29, 0.717) is 11.8 Å². The molecule has 3 unspecified atom stereocenters. The van der Waals surface area contributed by atoms with E-state index < -0.39 is 10.8 Å². The number of hydrogen-bond donors (Lipinski definition) is 2. The number of benzene rings is 1. The molecule has 0 heterocycles. The number of hydrogen-bond acceptors (Lipinski definition) is 3. The molecule has 0 aromatic heterocycles. The summed E-state index contributed by atoms with van der Waals surface area (Å²) in [6.07, 6.45) is 2.62. The Balaban J connectivity index is 2.48. The normalized spacial score (nSPS) is 16.4. The zero-order valence-electron chi connectivity index (χ0n) is 10.6. The fraction of sp³-hybridized carbons (Fsp3) is 0.538. The quantitative estimate of drug-likeness (QED) is 0.819. The Morgan fingerprint density at radius 1 is 1.41 bits per heavy atom. The van der Waals surface area contributed by atoms with Crippen LogP contribution in [0.3, 0.4) is 0 Å². The van der Waals surface area contributed by atoms with Crippen LogP contribution in [0.5, 0.6) is 5.75 Å². The maximum atomic E-state index is 11.0. The first kappa shape index (κ1) is 14.2. The third kappa shape index (κ3) is 5.33. The van der Waals surface area contributed by atoms with Gasteiger partial charge in [-0.15, -0.1) is 0 Å². The van der Waals surface area contributed by atoms with Crippen LogP contribution in [-0.4, -0.2) is 27.4 Å². The van der Waals surface area contributed by atoms with Crippen LogP contribution in [0.4, 0.5) is 0 Å². The molecule has 2 N–H and O–H groups in total. The molecule has 0 saturated heterocycles. The van der Waals surface area contributed by atoms with Crippen molar-refractivity contribution in [2.24, 2.45) is 0 Å². The molecule has 0 spiro atoms. The van der Waals surface area contributed by atoms with E-state index in [9.17, 15) is 9.32 Å². The molecule has 0 aliphatic rings. The molecule has 0 saturated carbocycles. The van der Waals surface area contributed by atoms with E-state index in [2.05, 4.69) is 19.2 Å². The van der Waals surface area contributed by atoms with Gasteiger partial charge in [-0.1, -0.05) is 12.1 Å². The van der Waals surface area contributed by atoms with E-state index in [4.69, 9.17) is 0 Å². The Labute approximate surface area is 106 Å². The average Bonchev–Trinajstić information content (AvgIpc) is 2.26. The summed E-state index contributed by atoms with van der Waals surface area (Å²) in [7, 11) is -0.729. The van der Waals surface area contributed by atoms with Crippen LogP contribution in [-0.2, 0) is 10.8 Å². The van der Waals surface area contributed by atoms with Crippen molar-refractivity contribution in [2.75, 3.05) is 12.0 Å². The molecule has 0 radical (unpaired) electrons. The molecule has 1 rings (SSSR count). The lowest BCUT2D eigenvalue weighted by atomic mass is 10.1. The highest BCUT2D eigenvalue weighted by Crippen LogP contribution is 2.18. The molecule has 1 aromatic rings. The smallest absolute Gasteiger partial charge is 0.115 e. The van der Waals surface area contributed by atoms with Gasteiger partial charge >= 0.3 is 0 Å². The predicted octanol–water partition coefficient (Wildman–Crippen LogP) is 2.20. The number of aromatic hydroxyl groups is 1. The summed E-state index contributed by atoms with van der Waals surface area (Å²) in [5.74, 6) is 1.01. The third-order valence-corrected chi connectivity index (χ3v) is 3.55. The number of phenolic OH excluding ortho intramolecular Hbond substituents is 1. The molecule has 0 fully saturated rings. The Morgan fingerprint density at radius 2 is 2.12 bits per heavy atom. The van der Waals surface area contributed by atoms with E-state index in [1.54, 1.807) is 18.4 Å². The van der Waals surface area contributed by atoms with Crippen LogP contribution in [0.15, 0.2) is 24.3 Å². The molecule has 96 valence electrons. The minimum atomic E-state index is -0.729. The van der Waals surface area contributed by atoms with Gasteiger partial charge in [0.2, 0.25) is 0 Å². The largest absolute Gasteiger partial charge is 0.508 e. The van der Waals surface area contributed by atoms with E-state index in [0.717, 1.165) is 17.7 Å². The summed E-state index contributed by atoms with van der Waals surface area (Å²) < 4.78 is 11.0. The van der Waals surface area contributed by atoms with Crippen LogP contribution < -0.4 is 5.32 Å². The maximum absolute atomic E-state index is 11.0. The molecule has 0 bridgehead atoms. The van der Waals surface area contributed by atoms with Crippen molar-refractivity contribution < 1.29 is 9.32 Å². The fourth-order valence-corrected chi connectivity index (χ4v) is 2.43. The highest BCUT2D eigenvalue weighted by molar-refractivity contribution is 7.84. The first-order valence-corrected chi connectivity index (χ1v) is 7.56. The lowest BCUT2D eigenvalue weighted by Gasteiger charge is -2.20. The summed E-state index contributed by atoms with van der Waals surface area (Å²) >= 11 is 0. The monoisotopic (exact) mass is 255 g/mol. The SMILES string of the molecule is CC(CCS(C)=O)NC(C)c1cccc(O)c1. The van der Waals surface area contributed by atoms with Crippen molar-refractivity contribution in [3.05, 3.63) is 29.8 Å². The minimum absolute atomic E-state index is 0.183. The van der Waals surface area contributed by atoms with Crippen molar-refractivity contribution in [2.45, 2.75) is 32.4 Å². The molecular formula is C13H21NO2S. The zero-order valence-corrected chi connectivity index (χ0v) is 11.5. The molecule has 3 nitrogen and oxygen atoms in total. The Morgan fingerprint density at radius 3 is 2.71 bits per heavy atom. The summed E-state index contributed by atoms with van der Waals surface area (Å²) in [5.41, 5.74) is 1.06. The summed E-state index contributed by atoms with van der Waals surface area (Å²) in [5, 5.41) is 12.8. The Bertz CT molecular complexity index is 381. The predicted molar refractivity (Wildman–Crippen MR) is 72.7 cm³/mol. The Kier molecular flexibility index (Phi) is 5.65. The fourth-order valence-electron chi connectivity index (χ4n) is 1.74. The maximum Gasteiger partial charge on any atom is 0.115 e. The Hall–Kier alpha value is -0.870. The van der Waals surface area contributed by atoms with Crippen molar-refractivity contribution in [1.82, 2.24) is 5.32 Å². The van der Waals surface area contributed by atoms with Crippen LogP contribution >= 0.6 is 0 Å². The zero-order chi connectivity index (χ0) is 12.8. The first-order chi connectivity index (χ1) is 7.99. The number of phenols is 1. The molecule has 0 aliphatic heterocycles. The van der Waals surface area contributed by atoms with Crippen molar-refractivity contribution in [1.29, 1.82) is 0 Å². The van der Waals surface area contributed by atoms with E-state index in [1.807, 2.05) is 12.1 Å². The van der Waals surface area contributed by atoms with Gasteiger partial charge < -0.3 is 10.4 Å². The van der Waals surface area contributed by atoms with Crippen LogP contribution in [0, 0.1) is 0 Å². The summed E-state index contributed by atoms with van der Waals surface area (Å²) in [6.45, 7) is 4.15. The van der Waals surface area contributed by atoms with E-state index in [1.165, 1.54) is 0 Å². The summed E-state index contributed by atoms with van der Waals surface area (Å²) in [6, 6.07) is 7.76. The average molecular weight is 255 g/mol. The third-order valence-electron chi connectivity index (χ3n) is 2.74. The number of rotatable bonds is 6. The standard InChI is InChI=1S/C13H21NO2S/c1-10(7-8-17(3)16)14-11(2)12-5-4-6-13(15)9-12/h4-6,9-11,14-15H,7-8H2,1-3H3. The number of nitrogens with one attached hydrogen (secondary N) is 1. The second-order valence-corrected chi connectivity index (χ2v) is 6.01. The van der Waals surface area contributed by atoms with Crippen molar-refractivity contribution in [3.8, 4) is 5.75 Å². The summed E-state index contributed by atoms with van der Waals surface area (Å²) in [4.78, 5) is 0. The van der Waals surface area contributed by atoms with Crippen molar-refractivity contribution >= 4 is 10.8 Å². The van der Waals surface area contributed by atoms with Crippen molar-refractivity contribution in [3.63, 3.8) is 0 Å². The van der Waals surface area contributed by atoms with Gasteiger partial charge in [-0.2, -0.15) is 0 Å². The van der Waals surface area contributed by atoms with E-state index in [-0.39, 0.29) is 6.04 Å². The van der Waals surface area contributed by atoms with Gasteiger partial charge in [-0.25, -0.2) is 0 Å². The lowest BCUT2D eigenvalue weighted by molar-refractivity contribution is 0.458. The van der Waals surface area contributed by atoms with Gasteiger partial charge in [0.25, 0.3) is 0 Å².